The van der Waals surface area contributed by atoms with Gasteiger partial charge >= 0.3 is 12.1 Å². The van der Waals surface area contributed by atoms with E-state index in [0.717, 1.165) is 11.1 Å². The highest BCUT2D eigenvalue weighted by Crippen LogP contribution is 2.18. The summed E-state index contributed by atoms with van der Waals surface area (Å²) in [6.45, 7) is 0.203. The normalized spacial score (nSPS) is 11.4. The van der Waals surface area contributed by atoms with Crippen LogP contribution in [0, 0.1) is 6.92 Å². The summed E-state index contributed by atoms with van der Waals surface area (Å²) in [5.74, 6) is -1.38. The second kappa shape index (κ2) is 4.56. The topological polar surface area (TPSA) is 66.3 Å². The Kier molecular flexibility index (Phi) is 3.54. The van der Waals surface area contributed by atoms with E-state index in [1.807, 2.05) is 0 Å². The molecule has 5 nitrogen and oxygen atoms in total. The molecule has 0 aliphatic rings. The molecule has 0 saturated carbocycles. The van der Waals surface area contributed by atoms with E-state index < -0.39 is 18.7 Å². The highest BCUT2D eigenvalue weighted by Gasteiger charge is 2.30. The Hall–Kier alpha value is -1.86. The van der Waals surface area contributed by atoms with E-state index >= 15 is 0 Å². The number of aromatic nitrogens is 2. The predicted molar refractivity (Wildman–Crippen MR) is 53.1 cm³/mol. The number of rotatable bonds is 3. The summed E-state index contributed by atoms with van der Waals surface area (Å²) >= 11 is 0. The van der Waals surface area contributed by atoms with Crippen molar-refractivity contribution in [3.63, 3.8) is 0 Å². The van der Waals surface area contributed by atoms with Crippen LogP contribution in [0.5, 0.6) is 0 Å². The molecule has 0 atom stereocenters. The summed E-state index contributed by atoms with van der Waals surface area (Å²) in [4.78, 5) is 18.8. The van der Waals surface area contributed by atoms with Gasteiger partial charge in [0.1, 0.15) is 6.54 Å². The van der Waals surface area contributed by atoms with E-state index in [1.165, 1.54) is 14.0 Å². The van der Waals surface area contributed by atoms with E-state index in [9.17, 15) is 18.0 Å². The van der Waals surface area contributed by atoms with Crippen LogP contribution in [0.2, 0.25) is 0 Å². The number of nitrogens with zero attached hydrogens (tertiary/aromatic N) is 3. The Morgan fingerprint density at radius 3 is 2.53 bits per heavy atom. The van der Waals surface area contributed by atoms with E-state index in [1.54, 1.807) is 0 Å². The van der Waals surface area contributed by atoms with Gasteiger partial charge in [-0.3, -0.25) is 0 Å². The van der Waals surface area contributed by atoms with Crippen LogP contribution in [-0.4, -0.2) is 40.8 Å². The molecule has 0 amide bonds. The average Bonchev–Trinajstić information content (AvgIpc) is 2.14. The molecule has 0 aliphatic carbocycles. The third-order valence-corrected chi connectivity index (χ3v) is 1.95. The zero-order valence-electron chi connectivity index (χ0n) is 9.12. The first-order valence-electron chi connectivity index (χ1n) is 4.55. The number of carboxylic acid groups (broad SMARTS) is 1. The molecule has 1 N–H and O–H groups in total. The molecule has 8 heteroatoms. The number of hydrogen-bond acceptors (Lipinski definition) is 4. The number of aryl methyl sites for hydroxylation is 1. The first-order chi connectivity index (χ1) is 7.70. The molecule has 0 unspecified atom stereocenters. The van der Waals surface area contributed by atoms with Crippen LogP contribution in [0.3, 0.4) is 0 Å². The number of hydrogen-bond donors (Lipinski definition) is 1. The molecule has 1 heterocycles. The minimum Gasteiger partial charge on any atom is -0.478 e. The highest BCUT2D eigenvalue weighted by molar-refractivity contribution is 5.88. The van der Waals surface area contributed by atoms with Gasteiger partial charge in [0.05, 0.1) is 11.3 Å². The second-order valence-electron chi connectivity index (χ2n) is 3.45. The Balaban J connectivity index is 2.94. The van der Waals surface area contributed by atoms with Gasteiger partial charge in [0.25, 0.3) is 0 Å². The quantitative estimate of drug-likeness (QED) is 0.878. The van der Waals surface area contributed by atoms with Crippen molar-refractivity contribution in [3.8, 4) is 0 Å². The maximum absolute atomic E-state index is 12.1. The van der Waals surface area contributed by atoms with Crippen molar-refractivity contribution < 1.29 is 23.1 Å². The number of halogens is 3. The molecule has 0 bridgehead atoms. The second-order valence-corrected chi connectivity index (χ2v) is 3.45. The van der Waals surface area contributed by atoms with Gasteiger partial charge in [0, 0.05) is 13.2 Å². The molecule has 1 aromatic heterocycles. The molecule has 0 radical (unpaired) electrons. The molecule has 1 aromatic rings. The smallest absolute Gasteiger partial charge is 0.406 e. The van der Waals surface area contributed by atoms with Gasteiger partial charge in [-0.15, -0.1) is 0 Å². The number of alkyl halides is 3. The molecule has 0 fully saturated rings. The fraction of sp³-hybridized carbons (Fsp3) is 0.444. The summed E-state index contributed by atoms with van der Waals surface area (Å²) in [5, 5.41) is 8.71. The van der Waals surface area contributed by atoms with Gasteiger partial charge in [0.15, 0.2) is 0 Å². The van der Waals surface area contributed by atoms with Gasteiger partial charge in [0.2, 0.25) is 5.95 Å². The van der Waals surface area contributed by atoms with Crippen LogP contribution in [-0.2, 0) is 0 Å². The van der Waals surface area contributed by atoms with E-state index in [4.69, 9.17) is 5.11 Å². The molecule has 0 spiro atoms. The van der Waals surface area contributed by atoms with Gasteiger partial charge in [-0.1, -0.05) is 0 Å². The lowest BCUT2D eigenvalue weighted by atomic mass is 10.2. The average molecular weight is 249 g/mol. The van der Waals surface area contributed by atoms with Crippen molar-refractivity contribution >= 4 is 11.9 Å². The number of anilines is 1. The monoisotopic (exact) mass is 249 g/mol. The molecule has 17 heavy (non-hydrogen) atoms. The fourth-order valence-corrected chi connectivity index (χ4v) is 1.19. The minimum absolute atomic E-state index is 0.122. The highest BCUT2D eigenvalue weighted by atomic mass is 19.4. The lowest BCUT2D eigenvalue weighted by molar-refractivity contribution is -0.119. The van der Waals surface area contributed by atoms with Gasteiger partial charge in [-0.2, -0.15) is 13.2 Å². The summed E-state index contributed by atoms with van der Waals surface area (Å²) in [5.41, 5.74) is -0.00863. The van der Waals surface area contributed by atoms with Crippen molar-refractivity contribution in [2.75, 3.05) is 18.5 Å². The van der Waals surface area contributed by atoms with Crippen molar-refractivity contribution in [2.24, 2.45) is 0 Å². The van der Waals surface area contributed by atoms with Crippen molar-refractivity contribution in [2.45, 2.75) is 13.1 Å². The van der Waals surface area contributed by atoms with Crippen molar-refractivity contribution in [3.05, 3.63) is 17.5 Å². The first kappa shape index (κ1) is 13.2. The molecular formula is C9H10F3N3O2. The van der Waals surface area contributed by atoms with Crippen molar-refractivity contribution in [1.82, 2.24) is 9.97 Å². The van der Waals surface area contributed by atoms with Crippen LogP contribution < -0.4 is 4.90 Å². The molecular weight excluding hydrogens is 239 g/mol. The van der Waals surface area contributed by atoms with Crippen LogP contribution in [0.15, 0.2) is 6.20 Å². The van der Waals surface area contributed by atoms with E-state index in [2.05, 4.69) is 9.97 Å². The van der Waals surface area contributed by atoms with Gasteiger partial charge in [-0.25, -0.2) is 14.8 Å². The molecule has 0 aliphatic heterocycles. The van der Waals surface area contributed by atoms with Crippen LogP contribution >= 0.6 is 0 Å². The number of aromatic carboxylic acids is 1. The Morgan fingerprint density at radius 1 is 1.53 bits per heavy atom. The van der Waals surface area contributed by atoms with Gasteiger partial charge in [-0.05, 0) is 6.92 Å². The first-order valence-corrected chi connectivity index (χ1v) is 4.55. The molecule has 0 saturated heterocycles. The van der Waals surface area contributed by atoms with E-state index in [-0.39, 0.29) is 17.2 Å². The maximum Gasteiger partial charge on any atom is 0.406 e. The Morgan fingerprint density at radius 2 is 2.12 bits per heavy atom. The summed E-state index contributed by atoms with van der Waals surface area (Å²) < 4.78 is 36.3. The molecule has 0 aromatic carbocycles. The molecule has 94 valence electrons. The third-order valence-electron chi connectivity index (χ3n) is 1.95. The molecule has 1 rings (SSSR count). The lowest BCUT2D eigenvalue weighted by Gasteiger charge is -2.19. The maximum atomic E-state index is 12.1. The van der Waals surface area contributed by atoms with Crippen LogP contribution in [0.4, 0.5) is 19.1 Å². The summed E-state index contributed by atoms with van der Waals surface area (Å²) in [6, 6.07) is 0. The zero-order valence-corrected chi connectivity index (χ0v) is 9.12. The van der Waals surface area contributed by atoms with Crippen molar-refractivity contribution in [1.29, 1.82) is 0 Å². The fourth-order valence-electron chi connectivity index (χ4n) is 1.19. The van der Waals surface area contributed by atoms with Crippen LogP contribution in [0.25, 0.3) is 0 Å². The Labute approximate surface area is 94.9 Å². The Bertz CT molecular complexity index is 434. The predicted octanol–water partition coefficient (Wildman–Crippen LogP) is 1.48. The zero-order chi connectivity index (χ0) is 13.2. The van der Waals surface area contributed by atoms with Gasteiger partial charge < -0.3 is 10.0 Å². The number of carbonyl (C=O) groups is 1. The summed E-state index contributed by atoms with van der Waals surface area (Å²) in [6.07, 6.45) is -3.37. The largest absolute Gasteiger partial charge is 0.478 e. The minimum atomic E-state index is -4.36. The van der Waals surface area contributed by atoms with E-state index in [0.29, 0.717) is 0 Å². The summed E-state index contributed by atoms with van der Waals surface area (Å²) in [7, 11) is 1.18. The SMILES string of the molecule is Cc1nc(N(C)CC(F)(F)F)ncc1C(=O)O. The standard InChI is InChI=1S/C9H10F3N3O2/c1-5-6(7(16)17)3-13-8(14-5)15(2)4-9(10,11)12/h3H,4H2,1-2H3,(H,16,17). The number of carboxylic acids is 1. The third kappa shape index (κ3) is 3.58. The lowest BCUT2D eigenvalue weighted by Crippen LogP contribution is -2.32. The van der Waals surface area contributed by atoms with Crippen LogP contribution in [0.1, 0.15) is 16.1 Å².